The van der Waals surface area contributed by atoms with Gasteiger partial charge in [0, 0.05) is 22.6 Å². The number of hydrogen-bond donors (Lipinski definition) is 0. The molecule has 0 amide bonds. The molecule has 1 aliphatic heterocycles. The van der Waals surface area contributed by atoms with Gasteiger partial charge >= 0.3 is 5.97 Å². The molecule has 7 nitrogen and oxygen atoms in total. The number of benzene rings is 2. The van der Waals surface area contributed by atoms with E-state index in [1.165, 1.54) is 16.9 Å². The number of methoxy groups -OCH3 is 1. The smallest absolute Gasteiger partial charge is 0.338 e. The van der Waals surface area contributed by atoms with Gasteiger partial charge in [-0.25, -0.2) is 9.79 Å². The number of carbonyl (C=O) groups is 1. The summed E-state index contributed by atoms with van der Waals surface area (Å²) in [5.41, 5.74) is 6.88. The molecule has 1 atom stereocenters. The Morgan fingerprint density at radius 1 is 1.07 bits per heavy atom. The number of fused-ring (bicyclic) bond motifs is 1. The Labute approximate surface area is 243 Å². The number of aryl methyl sites for hydroxylation is 2. The Bertz CT molecular complexity index is 1840. The Kier molecular flexibility index (Phi) is 8.13. The van der Waals surface area contributed by atoms with E-state index >= 15 is 0 Å². The van der Waals surface area contributed by atoms with E-state index in [9.17, 15) is 9.59 Å². The Morgan fingerprint density at radius 3 is 2.56 bits per heavy atom. The van der Waals surface area contributed by atoms with Crippen molar-refractivity contribution in [1.82, 2.24) is 9.13 Å². The number of thiazole rings is 1. The van der Waals surface area contributed by atoms with E-state index in [-0.39, 0.29) is 12.2 Å². The standard InChI is InChI=1S/C33H35N3O4S/c1-7-12-26-29(32(38)40-8-2)30(25-15-9-10-16-27(25)39-6)36-31(37)28(41-33(36)34-26)19-23-18-21(4)35(22(23)5)24-14-11-13-20(3)17-24/h9-11,13-19,30H,7-8,12H2,1-6H3/b28-19+/t30-/m0/s1. The van der Waals surface area contributed by atoms with E-state index in [1.54, 1.807) is 18.6 Å². The summed E-state index contributed by atoms with van der Waals surface area (Å²) in [6.45, 7) is 10.3. The summed E-state index contributed by atoms with van der Waals surface area (Å²) < 4.78 is 15.6. The minimum atomic E-state index is -0.718. The van der Waals surface area contributed by atoms with E-state index in [2.05, 4.69) is 49.6 Å². The maximum atomic E-state index is 14.2. The molecule has 0 saturated carbocycles. The molecule has 4 aromatic rings. The molecule has 2 aromatic heterocycles. The lowest BCUT2D eigenvalue weighted by Crippen LogP contribution is -2.40. The summed E-state index contributed by atoms with van der Waals surface area (Å²) in [6.07, 6.45) is 3.31. The molecule has 3 heterocycles. The van der Waals surface area contributed by atoms with Gasteiger partial charge in [-0.2, -0.15) is 0 Å². The molecular weight excluding hydrogens is 534 g/mol. The minimum absolute atomic E-state index is 0.206. The highest BCUT2D eigenvalue weighted by Crippen LogP contribution is 2.36. The van der Waals surface area contributed by atoms with Gasteiger partial charge in [-0.3, -0.25) is 9.36 Å². The molecular formula is C33H35N3O4S. The lowest BCUT2D eigenvalue weighted by Gasteiger charge is -2.26. The molecule has 0 saturated heterocycles. The zero-order chi connectivity index (χ0) is 29.3. The van der Waals surface area contributed by atoms with Gasteiger partial charge in [0.2, 0.25) is 0 Å². The van der Waals surface area contributed by atoms with Crippen LogP contribution in [0.1, 0.15) is 60.8 Å². The first-order chi connectivity index (χ1) is 19.8. The zero-order valence-electron chi connectivity index (χ0n) is 24.4. The monoisotopic (exact) mass is 569 g/mol. The number of rotatable bonds is 8. The average Bonchev–Trinajstić information content (AvgIpc) is 3.41. The molecule has 0 N–H and O–H groups in total. The molecule has 0 fully saturated rings. The van der Waals surface area contributed by atoms with E-state index in [4.69, 9.17) is 14.5 Å². The van der Waals surface area contributed by atoms with Gasteiger partial charge < -0.3 is 14.0 Å². The number of hydrogen-bond acceptors (Lipinski definition) is 6. The van der Waals surface area contributed by atoms with Crippen molar-refractivity contribution in [2.75, 3.05) is 13.7 Å². The number of carbonyl (C=O) groups excluding carboxylic acids is 1. The summed E-state index contributed by atoms with van der Waals surface area (Å²) in [5.74, 6) is 0.125. The van der Waals surface area contributed by atoms with Gasteiger partial charge in [-0.15, -0.1) is 0 Å². The highest BCUT2D eigenvalue weighted by molar-refractivity contribution is 7.07. The van der Waals surface area contributed by atoms with E-state index in [0.717, 1.165) is 29.1 Å². The second-order valence-corrected chi connectivity index (χ2v) is 11.2. The molecule has 41 heavy (non-hydrogen) atoms. The lowest BCUT2D eigenvalue weighted by molar-refractivity contribution is -0.139. The third kappa shape index (κ3) is 5.20. The molecule has 0 bridgehead atoms. The van der Waals surface area contributed by atoms with Crippen molar-refractivity contribution in [2.24, 2.45) is 4.99 Å². The Balaban J connectivity index is 1.75. The van der Waals surface area contributed by atoms with Crippen molar-refractivity contribution >= 4 is 23.4 Å². The SMILES string of the molecule is CCCC1=C(C(=O)OCC)[C@H](c2ccccc2OC)n2c(s/c(=C/c3cc(C)n(-c4cccc(C)c4)c3C)c2=O)=N1. The van der Waals surface area contributed by atoms with Crippen LogP contribution in [0, 0.1) is 20.8 Å². The van der Waals surface area contributed by atoms with Crippen molar-refractivity contribution in [3.63, 3.8) is 0 Å². The number of para-hydroxylation sites is 1. The van der Waals surface area contributed by atoms with E-state index in [1.807, 2.05) is 43.3 Å². The average molecular weight is 570 g/mol. The summed E-state index contributed by atoms with van der Waals surface area (Å²) in [4.78, 5) is 33.0. The number of nitrogens with zero attached hydrogens (tertiary/aromatic N) is 3. The third-order valence-electron chi connectivity index (χ3n) is 7.34. The van der Waals surface area contributed by atoms with Crippen molar-refractivity contribution in [2.45, 2.75) is 53.5 Å². The topological polar surface area (TPSA) is 74.8 Å². The van der Waals surface area contributed by atoms with Crippen LogP contribution >= 0.6 is 11.3 Å². The van der Waals surface area contributed by atoms with Crippen LogP contribution < -0.4 is 19.6 Å². The molecule has 0 radical (unpaired) electrons. The van der Waals surface area contributed by atoms with Gasteiger partial charge in [0.05, 0.1) is 29.5 Å². The van der Waals surface area contributed by atoms with Crippen LogP contribution in [0.25, 0.3) is 11.8 Å². The van der Waals surface area contributed by atoms with Gasteiger partial charge in [0.25, 0.3) is 5.56 Å². The fourth-order valence-electron chi connectivity index (χ4n) is 5.55. The summed E-state index contributed by atoms with van der Waals surface area (Å²) in [5, 5.41) is 0. The maximum Gasteiger partial charge on any atom is 0.338 e. The van der Waals surface area contributed by atoms with Gasteiger partial charge in [-0.05, 0) is 75.6 Å². The second kappa shape index (κ2) is 11.7. The zero-order valence-corrected chi connectivity index (χ0v) is 25.2. The maximum absolute atomic E-state index is 14.2. The van der Waals surface area contributed by atoms with E-state index < -0.39 is 12.0 Å². The largest absolute Gasteiger partial charge is 0.496 e. The fraction of sp³-hybridized carbons (Fsp3) is 0.303. The van der Waals surface area contributed by atoms with Crippen LogP contribution in [0.4, 0.5) is 0 Å². The minimum Gasteiger partial charge on any atom is -0.496 e. The van der Waals surface area contributed by atoms with Crippen LogP contribution in [0.5, 0.6) is 5.75 Å². The van der Waals surface area contributed by atoms with Crippen LogP contribution in [0.2, 0.25) is 0 Å². The molecule has 5 rings (SSSR count). The van der Waals surface area contributed by atoms with Crippen LogP contribution in [0.15, 0.2) is 75.7 Å². The fourth-order valence-corrected chi connectivity index (χ4v) is 6.56. The molecule has 2 aromatic carbocycles. The lowest BCUT2D eigenvalue weighted by atomic mass is 9.93. The normalized spacial score (nSPS) is 15.1. The highest BCUT2D eigenvalue weighted by Gasteiger charge is 2.35. The predicted molar refractivity (Wildman–Crippen MR) is 163 cm³/mol. The molecule has 1 aliphatic rings. The number of aromatic nitrogens is 2. The number of allylic oxidation sites excluding steroid dienone is 1. The van der Waals surface area contributed by atoms with Crippen LogP contribution in [0.3, 0.4) is 0 Å². The first-order valence-corrected chi connectivity index (χ1v) is 14.7. The van der Waals surface area contributed by atoms with Crippen molar-refractivity contribution < 1.29 is 14.3 Å². The number of ether oxygens (including phenoxy) is 2. The van der Waals surface area contributed by atoms with E-state index in [0.29, 0.717) is 38.3 Å². The highest BCUT2D eigenvalue weighted by atomic mass is 32.1. The van der Waals surface area contributed by atoms with Crippen LogP contribution in [-0.4, -0.2) is 28.8 Å². The number of esters is 1. The molecule has 0 unspecified atom stereocenters. The van der Waals surface area contributed by atoms with Crippen molar-refractivity contribution in [1.29, 1.82) is 0 Å². The molecule has 8 heteroatoms. The quantitative estimate of drug-likeness (QED) is 0.270. The first-order valence-electron chi connectivity index (χ1n) is 13.9. The summed E-state index contributed by atoms with van der Waals surface area (Å²) in [6, 6.07) is 17.2. The molecule has 0 aliphatic carbocycles. The first kappa shape index (κ1) is 28.4. The Hall–Kier alpha value is -4.17. The summed E-state index contributed by atoms with van der Waals surface area (Å²) >= 11 is 1.34. The van der Waals surface area contributed by atoms with Crippen molar-refractivity contribution in [3.05, 3.63) is 114 Å². The predicted octanol–water partition coefficient (Wildman–Crippen LogP) is 5.30. The molecule has 0 spiro atoms. The van der Waals surface area contributed by atoms with Crippen LogP contribution in [-0.2, 0) is 9.53 Å². The second-order valence-electron chi connectivity index (χ2n) is 10.2. The van der Waals surface area contributed by atoms with Gasteiger partial charge in [0.15, 0.2) is 4.80 Å². The summed E-state index contributed by atoms with van der Waals surface area (Å²) in [7, 11) is 1.59. The third-order valence-corrected chi connectivity index (χ3v) is 8.33. The van der Waals surface area contributed by atoms with Gasteiger partial charge in [-0.1, -0.05) is 55.0 Å². The van der Waals surface area contributed by atoms with Crippen molar-refractivity contribution in [3.8, 4) is 11.4 Å². The van der Waals surface area contributed by atoms with Gasteiger partial charge in [0.1, 0.15) is 11.8 Å². The molecule has 212 valence electrons. The Morgan fingerprint density at radius 2 is 1.85 bits per heavy atom.